The molecule has 2 saturated carbocycles. The molecule has 4 heteroatoms. The summed E-state index contributed by atoms with van der Waals surface area (Å²) in [6.45, 7) is 0. The first-order valence-corrected chi connectivity index (χ1v) is 5.36. The van der Waals surface area contributed by atoms with E-state index in [0.717, 1.165) is 25.7 Å². The van der Waals surface area contributed by atoms with Crippen molar-refractivity contribution in [2.24, 2.45) is 17.3 Å². The molecule has 4 nitrogen and oxygen atoms in total. The van der Waals surface area contributed by atoms with Crippen molar-refractivity contribution < 1.29 is 19.1 Å². The summed E-state index contributed by atoms with van der Waals surface area (Å²) in [5.74, 6) is -0.505. The van der Waals surface area contributed by atoms with E-state index in [0.29, 0.717) is 0 Å². The predicted molar refractivity (Wildman–Crippen MR) is 51.9 cm³/mol. The minimum Gasteiger partial charge on any atom is -0.468 e. The van der Waals surface area contributed by atoms with Crippen molar-refractivity contribution in [2.45, 2.75) is 25.7 Å². The molecule has 0 heterocycles. The van der Waals surface area contributed by atoms with Crippen LogP contribution in [0.25, 0.3) is 0 Å². The van der Waals surface area contributed by atoms with Gasteiger partial charge in [-0.3, -0.25) is 9.59 Å². The third kappa shape index (κ3) is 1.20. The number of esters is 2. The topological polar surface area (TPSA) is 52.6 Å². The fraction of sp³-hybridized carbons (Fsp3) is 0.818. The van der Waals surface area contributed by atoms with Crippen molar-refractivity contribution in [1.29, 1.82) is 0 Å². The minimum atomic E-state index is -0.958. The molecule has 2 rings (SSSR count). The molecule has 2 aliphatic carbocycles. The molecule has 0 unspecified atom stereocenters. The number of carbonyl (C=O) groups excluding carboxylic acids is 2. The van der Waals surface area contributed by atoms with Crippen molar-refractivity contribution in [2.75, 3.05) is 14.2 Å². The van der Waals surface area contributed by atoms with Crippen LogP contribution in [0.15, 0.2) is 0 Å². The van der Waals surface area contributed by atoms with Crippen LogP contribution in [0.4, 0.5) is 0 Å². The highest BCUT2D eigenvalue weighted by atomic mass is 16.5. The largest absolute Gasteiger partial charge is 0.468 e. The Morgan fingerprint density at radius 1 is 1.00 bits per heavy atom. The van der Waals surface area contributed by atoms with E-state index < -0.39 is 17.4 Å². The highest BCUT2D eigenvalue weighted by molar-refractivity contribution is 6.04. The zero-order valence-electron chi connectivity index (χ0n) is 9.12. The van der Waals surface area contributed by atoms with Gasteiger partial charge in [-0.05, 0) is 24.7 Å². The number of rotatable bonds is 2. The average Bonchev–Trinajstić information content (AvgIpc) is 2.97. The third-order valence-electron chi connectivity index (χ3n) is 3.87. The van der Waals surface area contributed by atoms with Gasteiger partial charge in [0.1, 0.15) is 0 Å². The summed E-state index contributed by atoms with van der Waals surface area (Å²) >= 11 is 0. The van der Waals surface area contributed by atoms with Crippen LogP contribution in [0.3, 0.4) is 0 Å². The van der Waals surface area contributed by atoms with Gasteiger partial charge >= 0.3 is 11.9 Å². The molecule has 0 saturated heterocycles. The highest BCUT2D eigenvalue weighted by Gasteiger charge is 2.75. The molecule has 0 spiro atoms. The van der Waals surface area contributed by atoms with Crippen LogP contribution >= 0.6 is 0 Å². The van der Waals surface area contributed by atoms with Gasteiger partial charge in [0.2, 0.25) is 0 Å². The predicted octanol–water partition coefficient (Wildman–Crippen LogP) is 1.14. The molecule has 0 aromatic heterocycles. The monoisotopic (exact) mass is 212 g/mol. The van der Waals surface area contributed by atoms with E-state index in [-0.39, 0.29) is 11.8 Å². The zero-order valence-corrected chi connectivity index (χ0v) is 9.12. The van der Waals surface area contributed by atoms with Crippen LogP contribution in [0.1, 0.15) is 25.7 Å². The molecule has 2 atom stereocenters. The van der Waals surface area contributed by atoms with E-state index in [1.54, 1.807) is 0 Å². The van der Waals surface area contributed by atoms with Crippen LogP contribution < -0.4 is 0 Å². The second-order valence-corrected chi connectivity index (χ2v) is 4.35. The molecule has 0 aromatic rings. The number of ether oxygens (including phenoxy) is 2. The van der Waals surface area contributed by atoms with Gasteiger partial charge in [-0.15, -0.1) is 0 Å². The van der Waals surface area contributed by atoms with Gasteiger partial charge in [-0.1, -0.05) is 12.8 Å². The van der Waals surface area contributed by atoms with Gasteiger partial charge in [-0.25, -0.2) is 0 Å². The Bertz CT molecular complexity index is 267. The number of hydrogen-bond donors (Lipinski definition) is 0. The Kier molecular flexibility index (Phi) is 2.44. The van der Waals surface area contributed by atoms with Crippen LogP contribution in [0, 0.1) is 17.3 Å². The first kappa shape index (κ1) is 10.5. The van der Waals surface area contributed by atoms with Crippen LogP contribution in [-0.4, -0.2) is 26.2 Å². The van der Waals surface area contributed by atoms with Gasteiger partial charge in [0.05, 0.1) is 14.2 Å². The maximum Gasteiger partial charge on any atom is 0.323 e. The molecule has 0 aliphatic heterocycles. The fourth-order valence-electron chi connectivity index (χ4n) is 3.15. The Hall–Kier alpha value is -1.06. The van der Waals surface area contributed by atoms with Crippen LogP contribution in [0.2, 0.25) is 0 Å². The van der Waals surface area contributed by atoms with Gasteiger partial charge < -0.3 is 9.47 Å². The van der Waals surface area contributed by atoms with E-state index in [1.807, 2.05) is 0 Å². The zero-order chi connectivity index (χ0) is 11.1. The SMILES string of the molecule is COC(=O)C1(C(=O)OC)[C@H]2CCCC[C@@H]21. The standard InChI is InChI=1S/C11H16O4/c1-14-9(12)11(10(13)15-2)7-5-3-4-6-8(7)11/h7-8H,3-6H2,1-2H3/t7-,8-/m0/s1. The summed E-state index contributed by atoms with van der Waals surface area (Å²) in [6, 6.07) is 0. The van der Waals surface area contributed by atoms with E-state index >= 15 is 0 Å². The maximum absolute atomic E-state index is 11.7. The molecule has 0 N–H and O–H groups in total. The minimum absolute atomic E-state index is 0.158. The van der Waals surface area contributed by atoms with Gasteiger partial charge in [-0.2, -0.15) is 0 Å². The Labute approximate surface area is 88.9 Å². The lowest BCUT2D eigenvalue weighted by molar-refractivity contribution is -0.162. The lowest BCUT2D eigenvalue weighted by atomic mass is 10.0. The molecule has 15 heavy (non-hydrogen) atoms. The highest BCUT2D eigenvalue weighted by Crippen LogP contribution is 2.66. The Morgan fingerprint density at radius 2 is 1.40 bits per heavy atom. The lowest BCUT2D eigenvalue weighted by Crippen LogP contribution is -2.31. The second kappa shape index (κ2) is 3.51. The summed E-state index contributed by atoms with van der Waals surface area (Å²) in [5, 5.41) is 0. The summed E-state index contributed by atoms with van der Waals surface area (Å²) < 4.78 is 9.51. The van der Waals surface area contributed by atoms with Crippen molar-refractivity contribution in [3.05, 3.63) is 0 Å². The average molecular weight is 212 g/mol. The fourth-order valence-corrected chi connectivity index (χ4v) is 3.15. The van der Waals surface area contributed by atoms with Crippen molar-refractivity contribution in [3.63, 3.8) is 0 Å². The normalized spacial score (nSPS) is 31.3. The van der Waals surface area contributed by atoms with Gasteiger partial charge in [0.15, 0.2) is 5.41 Å². The van der Waals surface area contributed by atoms with Crippen molar-refractivity contribution >= 4 is 11.9 Å². The van der Waals surface area contributed by atoms with E-state index in [9.17, 15) is 9.59 Å². The van der Waals surface area contributed by atoms with Crippen LogP contribution in [-0.2, 0) is 19.1 Å². The van der Waals surface area contributed by atoms with E-state index in [2.05, 4.69) is 0 Å². The van der Waals surface area contributed by atoms with Crippen LogP contribution in [0.5, 0.6) is 0 Å². The van der Waals surface area contributed by atoms with Crippen molar-refractivity contribution in [3.8, 4) is 0 Å². The summed E-state index contributed by atoms with van der Waals surface area (Å²) in [7, 11) is 2.66. The quantitative estimate of drug-likeness (QED) is 0.508. The third-order valence-corrected chi connectivity index (χ3v) is 3.87. The number of methoxy groups -OCH3 is 2. The number of hydrogen-bond acceptors (Lipinski definition) is 4. The summed E-state index contributed by atoms with van der Waals surface area (Å²) in [5.41, 5.74) is -0.958. The lowest BCUT2D eigenvalue weighted by Gasteiger charge is -2.12. The molecular weight excluding hydrogens is 196 g/mol. The molecule has 0 aromatic carbocycles. The molecule has 84 valence electrons. The van der Waals surface area contributed by atoms with Gasteiger partial charge in [0.25, 0.3) is 0 Å². The molecule has 0 radical (unpaired) electrons. The second-order valence-electron chi connectivity index (χ2n) is 4.35. The maximum atomic E-state index is 11.7. The summed E-state index contributed by atoms with van der Waals surface area (Å²) in [4.78, 5) is 23.5. The van der Waals surface area contributed by atoms with Gasteiger partial charge in [0, 0.05) is 0 Å². The van der Waals surface area contributed by atoms with E-state index in [1.165, 1.54) is 14.2 Å². The smallest absolute Gasteiger partial charge is 0.323 e. The first-order valence-electron chi connectivity index (χ1n) is 5.36. The van der Waals surface area contributed by atoms with Crippen molar-refractivity contribution in [1.82, 2.24) is 0 Å². The molecule has 2 aliphatic rings. The molecular formula is C11H16O4. The summed E-state index contributed by atoms with van der Waals surface area (Å²) in [6.07, 6.45) is 4.07. The molecule has 0 amide bonds. The number of fused-ring (bicyclic) bond motifs is 1. The number of carbonyl (C=O) groups is 2. The first-order chi connectivity index (χ1) is 7.19. The Balaban J connectivity index is 2.26. The molecule has 2 fully saturated rings. The van der Waals surface area contributed by atoms with E-state index in [4.69, 9.17) is 9.47 Å². The molecule has 0 bridgehead atoms. The Morgan fingerprint density at radius 3 is 1.73 bits per heavy atom.